The predicted octanol–water partition coefficient (Wildman–Crippen LogP) is 2.55. The van der Waals surface area contributed by atoms with Crippen LogP contribution in [0.2, 0.25) is 0 Å². The molecule has 3 N–H and O–H groups in total. The van der Waals surface area contributed by atoms with Crippen molar-refractivity contribution in [2.45, 2.75) is 19.3 Å². The molecule has 31 heavy (non-hydrogen) atoms. The van der Waals surface area contributed by atoms with E-state index in [1.165, 1.54) is 24.3 Å². The van der Waals surface area contributed by atoms with Crippen molar-refractivity contribution in [1.29, 1.82) is 0 Å². The number of nitrogens with one attached hydrogen (secondary N) is 3. The van der Waals surface area contributed by atoms with Crippen molar-refractivity contribution in [3.8, 4) is 0 Å². The summed E-state index contributed by atoms with van der Waals surface area (Å²) in [6.07, 6.45) is 2.93. The fourth-order valence-electron chi connectivity index (χ4n) is 3.85. The molecular weight excluding hydrogens is 399 g/mol. The van der Waals surface area contributed by atoms with E-state index in [0.717, 1.165) is 16.5 Å². The second-order valence-corrected chi connectivity index (χ2v) is 7.65. The number of rotatable bonds is 4. The fraction of sp³-hybridized carbons (Fsp3) is 0.261. The Morgan fingerprint density at radius 2 is 1.71 bits per heavy atom. The van der Waals surface area contributed by atoms with Gasteiger partial charge in [0.25, 0.3) is 5.91 Å². The van der Waals surface area contributed by atoms with Crippen molar-refractivity contribution in [1.82, 2.24) is 20.7 Å². The summed E-state index contributed by atoms with van der Waals surface area (Å²) < 4.78 is 13.0. The van der Waals surface area contributed by atoms with E-state index in [2.05, 4.69) is 15.8 Å². The Kier molecular flexibility index (Phi) is 5.97. The number of hydrazine groups is 1. The molecule has 0 bridgehead atoms. The van der Waals surface area contributed by atoms with Crippen molar-refractivity contribution in [2.75, 3.05) is 13.1 Å². The summed E-state index contributed by atoms with van der Waals surface area (Å²) in [5.74, 6) is -1.42. The van der Waals surface area contributed by atoms with Gasteiger partial charge in [-0.1, -0.05) is 18.2 Å². The lowest BCUT2D eigenvalue weighted by atomic mass is 9.95. The van der Waals surface area contributed by atoms with Crippen LogP contribution in [-0.4, -0.2) is 40.7 Å². The van der Waals surface area contributed by atoms with Gasteiger partial charge in [0.1, 0.15) is 5.82 Å². The van der Waals surface area contributed by atoms with Crippen LogP contribution < -0.4 is 10.9 Å². The zero-order valence-corrected chi connectivity index (χ0v) is 16.9. The number of piperidine rings is 1. The number of aromatic nitrogens is 1. The molecule has 0 unspecified atom stereocenters. The quantitative estimate of drug-likeness (QED) is 0.564. The van der Waals surface area contributed by atoms with E-state index in [-0.39, 0.29) is 30.1 Å². The van der Waals surface area contributed by atoms with E-state index in [1.54, 1.807) is 11.1 Å². The van der Waals surface area contributed by atoms with E-state index >= 15 is 0 Å². The number of H-pyrrole nitrogens is 1. The topological polar surface area (TPSA) is 94.3 Å². The standard InChI is InChI=1S/C23H23FN4O3/c24-18-7-5-16(6-8-18)23(31)28-11-9-15(10-12-28)22(30)27-26-21(29)13-17-14-25-20-4-2-1-3-19(17)20/h1-8,14-15,25H,9-13H2,(H,26,29)(H,27,30). The van der Waals surface area contributed by atoms with Gasteiger partial charge in [-0.2, -0.15) is 0 Å². The molecule has 0 aliphatic carbocycles. The summed E-state index contributed by atoms with van der Waals surface area (Å²) in [5.41, 5.74) is 7.22. The summed E-state index contributed by atoms with van der Waals surface area (Å²) in [5, 5.41) is 0.974. The van der Waals surface area contributed by atoms with Gasteiger partial charge >= 0.3 is 0 Å². The third kappa shape index (κ3) is 4.74. The van der Waals surface area contributed by atoms with Crippen LogP contribution >= 0.6 is 0 Å². The summed E-state index contributed by atoms with van der Waals surface area (Å²) >= 11 is 0. The number of halogens is 1. The first kappa shape index (κ1) is 20.6. The minimum absolute atomic E-state index is 0.148. The number of para-hydroxylation sites is 1. The maximum absolute atomic E-state index is 13.0. The summed E-state index contributed by atoms with van der Waals surface area (Å²) in [4.78, 5) is 41.9. The van der Waals surface area contributed by atoms with Crippen molar-refractivity contribution in [3.63, 3.8) is 0 Å². The molecule has 2 aromatic carbocycles. The largest absolute Gasteiger partial charge is 0.361 e. The van der Waals surface area contributed by atoms with Gasteiger partial charge in [-0.25, -0.2) is 4.39 Å². The minimum atomic E-state index is -0.390. The number of benzene rings is 2. The number of likely N-dealkylation sites (tertiary alicyclic amines) is 1. The third-order valence-corrected chi connectivity index (χ3v) is 5.60. The van der Waals surface area contributed by atoms with E-state index < -0.39 is 5.82 Å². The Bertz CT molecular complexity index is 1100. The molecule has 2 heterocycles. The second-order valence-electron chi connectivity index (χ2n) is 7.65. The number of hydrogen-bond acceptors (Lipinski definition) is 3. The van der Waals surface area contributed by atoms with Gasteiger partial charge in [0.15, 0.2) is 0 Å². The molecule has 1 saturated heterocycles. The molecule has 160 valence electrons. The maximum Gasteiger partial charge on any atom is 0.253 e. The zero-order chi connectivity index (χ0) is 21.8. The summed E-state index contributed by atoms with van der Waals surface area (Å²) in [7, 11) is 0. The van der Waals surface area contributed by atoms with E-state index in [4.69, 9.17) is 0 Å². The molecule has 3 amide bonds. The molecule has 8 heteroatoms. The predicted molar refractivity (Wildman–Crippen MR) is 113 cm³/mol. The van der Waals surface area contributed by atoms with Crippen LogP contribution in [0.4, 0.5) is 4.39 Å². The van der Waals surface area contributed by atoms with Gasteiger partial charge in [0.2, 0.25) is 11.8 Å². The Labute approximate surface area is 178 Å². The minimum Gasteiger partial charge on any atom is -0.361 e. The SMILES string of the molecule is O=C(Cc1c[nH]c2ccccc12)NNC(=O)C1CCN(C(=O)c2ccc(F)cc2)CC1. The van der Waals surface area contributed by atoms with Crippen LogP contribution in [0, 0.1) is 11.7 Å². The molecule has 0 spiro atoms. The number of nitrogens with zero attached hydrogens (tertiary/aromatic N) is 1. The summed E-state index contributed by atoms with van der Waals surface area (Å²) in [6.45, 7) is 0.856. The molecular formula is C23H23FN4O3. The molecule has 3 aromatic rings. The average molecular weight is 422 g/mol. The monoisotopic (exact) mass is 422 g/mol. The van der Waals surface area contributed by atoms with Crippen LogP contribution in [-0.2, 0) is 16.0 Å². The lowest BCUT2D eigenvalue weighted by molar-refractivity contribution is -0.131. The van der Waals surface area contributed by atoms with Crippen LogP contribution in [0.25, 0.3) is 10.9 Å². The smallest absolute Gasteiger partial charge is 0.253 e. The van der Waals surface area contributed by atoms with E-state index in [9.17, 15) is 18.8 Å². The first-order valence-corrected chi connectivity index (χ1v) is 10.2. The van der Waals surface area contributed by atoms with Gasteiger partial charge < -0.3 is 9.88 Å². The Morgan fingerprint density at radius 1 is 1.00 bits per heavy atom. The third-order valence-electron chi connectivity index (χ3n) is 5.60. The van der Waals surface area contributed by atoms with Crippen molar-refractivity contribution < 1.29 is 18.8 Å². The lowest BCUT2D eigenvalue weighted by Crippen LogP contribution is -2.48. The number of hydrogen-bond donors (Lipinski definition) is 3. The molecule has 1 aliphatic heterocycles. The first-order valence-electron chi connectivity index (χ1n) is 10.2. The molecule has 1 aromatic heterocycles. The molecule has 1 aliphatic rings. The molecule has 0 radical (unpaired) electrons. The van der Waals surface area contributed by atoms with Gasteiger partial charge in [-0.3, -0.25) is 25.2 Å². The van der Waals surface area contributed by atoms with Gasteiger partial charge in [0, 0.05) is 41.7 Å². The Morgan fingerprint density at radius 3 is 2.45 bits per heavy atom. The van der Waals surface area contributed by atoms with Gasteiger partial charge in [-0.05, 0) is 48.7 Å². The number of fused-ring (bicyclic) bond motifs is 1. The summed E-state index contributed by atoms with van der Waals surface area (Å²) in [6, 6.07) is 13.1. The Balaban J connectivity index is 1.24. The number of carbonyl (C=O) groups is 3. The highest BCUT2D eigenvalue weighted by Crippen LogP contribution is 2.20. The highest BCUT2D eigenvalue weighted by molar-refractivity contribution is 5.94. The van der Waals surface area contributed by atoms with Crippen LogP contribution in [0.3, 0.4) is 0 Å². The van der Waals surface area contributed by atoms with E-state index in [1.807, 2.05) is 24.3 Å². The normalized spacial score (nSPS) is 14.4. The number of carbonyl (C=O) groups excluding carboxylic acids is 3. The molecule has 0 saturated carbocycles. The van der Waals surface area contributed by atoms with Crippen LogP contribution in [0.5, 0.6) is 0 Å². The fourth-order valence-corrected chi connectivity index (χ4v) is 3.85. The number of aromatic amines is 1. The second kappa shape index (κ2) is 8.99. The Hall–Kier alpha value is -3.68. The molecule has 4 rings (SSSR count). The number of amides is 3. The van der Waals surface area contributed by atoms with Crippen molar-refractivity contribution >= 4 is 28.6 Å². The molecule has 1 fully saturated rings. The van der Waals surface area contributed by atoms with Gasteiger partial charge in [0.05, 0.1) is 6.42 Å². The lowest BCUT2D eigenvalue weighted by Gasteiger charge is -2.31. The van der Waals surface area contributed by atoms with Crippen molar-refractivity contribution in [2.24, 2.45) is 5.92 Å². The van der Waals surface area contributed by atoms with E-state index in [0.29, 0.717) is 31.5 Å². The highest BCUT2D eigenvalue weighted by atomic mass is 19.1. The molecule has 0 atom stereocenters. The first-order chi connectivity index (χ1) is 15.0. The molecule has 7 nitrogen and oxygen atoms in total. The van der Waals surface area contributed by atoms with Crippen LogP contribution in [0.1, 0.15) is 28.8 Å². The average Bonchev–Trinajstić information content (AvgIpc) is 3.20. The highest BCUT2D eigenvalue weighted by Gasteiger charge is 2.28. The van der Waals surface area contributed by atoms with Gasteiger partial charge in [-0.15, -0.1) is 0 Å². The maximum atomic E-state index is 13.0. The van der Waals surface area contributed by atoms with Crippen molar-refractivity contribution in [3.05, 3.63) is 71.7 Å². The zero-order valence-electron chi connectivity index (χ0n) is 16.9. The van der Waals surface area contributed by atoms with Crippen LogP contribution in [0.15, 0.2) is 54.7 Å².